The van der Waals surface area contributed by atoms with Crippen molar-refractivity contribution in [3.63, 3.8) is 0 Å². The second-order valence-corrected chi connectivity index (χ2v) is 8.40. The van der Waals surface area contributed by atoms with E-state index < -0.39 is 10.0 Å². The molecule has 0 amide bonds. The molecule has 0 aliphatic heterocycles. The highest BCUT2D eigenvalue weighted by Gasteiger charge is 2.22. The smallest absolute Gasteiger partial charge is 0.262 e. The summed E-state index contributed by atoms with van der Waals surface area (Å²) >= 11 is 11.3. The summed E-state index contributed by atoms with van der Waals surface area (Å²) in [4.78, 5) is 0.173. The Hall–Kier alpha value is -1.83. The molecule has 0 radical (unpaired) electrons. The zero-order valence-electron chi connectivity index (χ0n) is 13.5. The van der Waals surface area contributed by atoms with Gasteiger partial charge in [0.25, 0.3) is 10.0 Å². The monoisotopic (exact) mass is 395 g/mol. The first-order valence-electron chi connectivity index (χ1n) is 7.81. The number of para-hydroxylation sites is 1. The molecule has 8 heteroatoms. The molecule has 2 aromatic carbocycles. The molecule has 1 saturated carbocycles. The summed E-state index contributed by atoms with van der Waals surface area (Å²) in [7, 11) is -3.77. The molecule has 0 heterocycles. The van der Waals surface area contributed by atoms with E-state index in [1.165, 1.54) is 0 Å². The van der Waals surface area contributed by atoms with Gasteiger partial charge in [0.1, 0.15) is 0 Å². The summed E-state index contributed by atoms with van der Waals surface area (Å²) in [6.07, 6.45) is 2.22. The van der Waals surface area contributed by atoms with Crippen LogP contribution in [0.1, 0.15) is 18.4 Å². The van der Waals surface area contributed by atoms with Crippen molar-refractivity contribution in [2.75, 3.05) is 10.0 Å². The number of halogens is 1. The summed E-state index contributed by atoms with van der Waals surface area (Å²) in [5.41, 5.74) is 1.59. The number of nitrogens with one attached hydrogen (secondary N) is 3. The van der Waals surface area contributed by atoms with Crippen molar-refractivity contribution < 1.29 is 8.42 Å². The van der Waals surface area contributed by atoms with Gasteiger partial charge in [-0.05, 0) is 61.8 Å². The molecule has 0 aromatic heterocycles. The fourth-order valence-corrected chi connectivity index (χ4v) is 4.17. The third-order valence-corrected chi connectivity index (χ3v) is 5.82. The maximum absolute atomic E-state index is 12.8. The van der Waals surface area contributed by atoms with Crippen molar-refractivity contribution in [3.05, 3.63) is 53.1 Å². The van der Waals surface area contributed by atoms with Crippen LogP contribution in [0, 0.1) is 6.92 Å². The fraction of sp³-hybridized carbons (Fsp3) is 0.235. The summed E-state index contributed by atoms with van der Waals surface area (Å²) < 4.78 is 28.0. The topological polar surface area (TPSA) is 70.2 Å². The fourth-order valence-electron chi connectivity index (χ4n) is 2.29. The molecule has 1 aliphatic rings. The zero-order chi connectivity index (χ0) is 18.0. The SMILES string of the molecule is Cc1ccc(NC(=S)NC2CC2)cc1S(=O)(=O)Nc1ccccc1Cl. The number of rotatable bonds is 5. The van der Waals surface area contributed by atoms with Crippen LogP contribution in [0.25, 0.3) is 0 Å². The molecule has 132 valence electrons. The Labute approximate surface area is 157 Å². The highest BCUT2D eigenvalue weighted by Crippen LogP contribution is 2.27. The van der Waals surface area contributed by atoms with E-state index in [0.29, 0.717) is 33.1 Å². The van der Waals surface area contributed by atoms with E-state index in [0.717, 1.165) is 12.8 Å². The van der Waals surface area contributed by atoms with Crippen molar-refractivity contribution in [3.8, 4) is 0 Å². The molecule has 0 spiro atoms. The van der Waals surface area contributed by atoms with Gasteiger partial charge in [0.05, 0.1) is 15.6 Å². The molecule has 5 nitrogen and oxygen atoms in total. The van der Waals surface area contributed by atoms with Crippen LogP contribution in [0.5, 0.6) is 0 Å². The standard InChI is InChI=1S/C17H18ClN3O2S2/c1-11-6-7-13(20-17(24)19-12-8-9-12)10-16(11)25(22,23)21-15-5-3-2-4-14(15)18/h2-7,10,12,21H,8-9H2,1H3,(H2,19,20,24). The molecule has 0 atom stereocenters. The Morgan fingerprint density at radius 3 is 2.60 bits per heavy atom. The van der Waals surface area contributed by atoms with Crippen LogP contribution in [-0.2, 0) is 10.0 Å². The van der Waals surface area contributed by atoms with Gasteiger partial charge in [0, 0.05) is 11.7 Å². The molecule has 3 N–H and O–H groups in total. The van der Waals surface area contributed by atoms with Gasteiger partial charge < -0.3 is 10.6 Å². The van der Waals surface area contributed by atoms with Crippen LogP contribution in [-0.4, -0.2) is 19.6 Å². The maximum Gasteiger partial charge on any atom is 0.262 e. The van der Waals surface area contributed by atoms with Crippen molar-refractivity contribution in [2.45, 2.75) is 30.7 Å². The Balaban J connectivity index is 1.83. The minimum atomic E-state index is -3.77. The Bertz CT molecular complexity index is 912. The summed E-state index contributed by atoms with van der Waals surface area (Å²) in [6, 6.07) is 12.2. The Kier molecular flexibility index (Phi) is 5.17. The lowest BCUT2D eigenvalue weighted by Gasteiger charge is -2.14. The first kappa shape index (κ1) is 18.0. The first-order chi connectivity index (χ1) is 11.8. The van der Waals surface area contributed by atoms with E-state index in [1.54, 1.807) is 49.4 Å². The molecule has 2 aromatic rings. The molecule has 0 unspecified atom stereocenters. The third kappa shape index (κ3) is 4.62. The van der Waals surface area contributed by atoms with Crippen LogP contribution in [0.4, 0.5) is 11.4 Å². The number of sulfonamides is 1. The molecule has 1 aliphatic carbocycles. The minimum Gasteiger partial charge on any atom is -0.360 e. The van der Waals surface area contributed by atoms with E-state index in [2.05, 4.69) is 15.4 Å². The van der Waals surface area contributed by atoms with Gasteiger partial charge in [-0.1, -0.05) is 29.8 Å². The van der Waals surface area contributed by atoms with Crippen molar-refractivity contribution in [1.82, 2.24) is 5.32 Å². The number of hydrogen-bond acceptors (Lipinski definition) is 3. The predicted octanol–water partition coefficient (Wildman–Crippen LogP) is 3.90. The van der Waals surface area contributed by atoms with Gasteiger partial charge >= 0.3 is 0 Å². The van der Waals surface area contributed by atoms with Crippen LogP contribution in [0.2, 0.25) is 5.02 Å². The molecule has 0 saturated heterocycles. The average molecular weight is 396 g/mol. The van der Waals surface area contributed by atoms with Crippen molar-refractivity contribution in [1.29, 1.82) is 0 Å². The quantitative estimate of drug-likeness (QED) is 0.670. The van der Waals surface area contributed by atoms with Gasteiger partial charge in [0.2, 0.25) is 0 Å². The van der Waals surface area contributed by atoms with E-state index in [9.17, 15) is 8.42 Å². The summed E-state index contributed by atoms with van der Waals surface area (Å²) in [5, 5.41) is 7.03. The van der Waals surface area contributed by atoms with Crippen LogP contribution < -0.4 is 15.4 Å². The Morgan fingerprint density at radius 1 is 1.20 bits per heavy atom. The highest BCUT2D eigenvalue weighted by atomic mass is 35.5. The molecule has 0 bridgehead atoms. The molecule has 3 rings (SSSR count). The van der Waals surface area contributed by atoms with Gasteiger partial charge in [-0.25, -0.2) is 8.42 Å². The molecule has 1 fully saturated rings. The second-order valence-electron chi connectivity index (χ2n) is 5.94. The normalized spacial score (nSPS) is 14.0. The largest absolute Gasteiger partial charge is 0.360 e. The van der Waals surface area contributed by atoms with Gasteiger partial charge in [-0.3, -0.25) is 4.72 Å². The minimum absolute atomic E-state index is 0.173. The van der Waals surface area contributed by atoms with E-state index in [4.69, 9.17) is 23.8 Å². The van der Waals surface area contributed by atoms with Crippen LogP contribution in [0.3, 0.4) is 0 Å². The number of thiocarbonyl (C=S) groups is 1. The first-order valence-corrected chi connectivity index (χ1v) is 10.1. The lowest BCUT2D eigenvalue weighted by Crippen LogP contribution is -2.30. The highest BCUT2D eigenvalue weighted by molar-refractivity contribution is 7.92. The summed E-state index contributed by atoms with van der Waals surface area (Å²) in [6.45, 7) is 1.74. The number of hydrogen-bond donors (Lipinski definition) is 3. The molecular weight excluding hydrogens is 378 g/mol. The molecular formula is C17H18ClN3O2S2. The predicted molar refractivity (Wildman–Crippen MR) is 106 cm³/mol. The average Bonchev–Trinajstić information content (AvgIpc) is 3.35. The van der Waals surface area contributed by atoms with Crippen molar-refractivity contribution in [2.24, 2.45) is 0 Å². The van der Waals surface area contributed by atoms with Gasteiger partial charge in [0.15, 0.2) is 5.11 Å². The van der Waals surface area contributed by atoms with Crippen LogP contribution in [0.15, 0.2) is 47.4 Å². The number of aryl methyl sites for hydroxylation is 1. The van der Waals surface area contributed by atoms with E-state index in [1.807, 2.05) is 0 Å². The second kappa shape index (κ2) is 7.19. The van der Waals surface area contributed by atoms with Crippen molar-refractivity contribution >= 4 is 50.3 Å². The van der Waals surface area contributed by atoms with E-state index >= 15 is 0 Å². The molecule has 25 heavy (non-hydrogen) atoms. The number of benzene rings is 2. The number of anilines is 2. The van der Waals surface area contributed by atoms with Crippen LogP contribution >= 0.6 is 23.8 Å². The lowest BCUT2D eigenvalue weighted by atomic mass is 10.2. The maximum atomic E-state index is 12.8. The Morgan fingerprint density at radius 2 is 1.92 bits per heavy atom. The van der Waals surface area contributed by atoms with Gasteiger partial charge in [-0.2, -0.15) is 0 Å². The lowest BCUT2D eigenvalue weighted by molar-refractivity contribution is 0.600. The van der Waals surface area contributed by atoms with E-state index in [-0.39, 0.29) is 4.90 Å². The van der Waals surface area contributed by atoms with Gasteiger partial charge in [-0.15, -0.1) is 0 Å². The summed E-state index contributed by atoms with van der Waals surface area (Å²) in [5.74, 6) is 0. The third-order valence-electron chi connectivity index (χ3n) is 3.77. The zero-order valence-corrected chi connectivity index (χ0v) is 15.9.